The second-order valence-corrected chi connectivity index (χ2v) is 6.92. The van der Waals surface area contributed by atoms with Gasteiger partial charge in [0.1, 0.15) is 0 Å². The van der Waals surface area contributed by atoms with E-state index in [0.717, 1.165) is 37.8 Å². The summed E-state index contributed by atoms with van der Waals surface area (Å²) in [6.07, 6.45) is 1.82. The molecule has 1 amide bonds. The lowest BCUT2D eigenvalue weighted by Gasteiger charge is -2.37. The smallest absolute Gasteiger partial charge is 0.236 e. The van der Waals surface area contributed by atoms with E-state index in [2.05, 4.69) is 38.1 Å². The number of aryl methyl sites for hydroxylation is 1. The van der Waals surface area contributed by atoms with Crippen LogP contribution < -0.4 is 5.32 Å². The third kappa shape index (κ3) is 6.28. The highest BCUT2D eigenvalue weighted by Gasteiger charge is 2.24. The molecule has 1 N–H and O–H groups in total. The van der Waals surface area contributed by atoms with Gasteiger partial charge in [0.05, 0.1) is 32.0 Å². The summed E-state index contributed by atoms with van der Waals surface area (Å²) < 4.78 is 5.32. The molecule has 0 spiro atoms. The number of pyridine rings is 1. The van der Waals surface area contributed by atoms with Crippen LogP contribution in [0.5, 0.6) is 0 Å². The highest BCUT2D eigenvalue weighted by atomic mass is 127. The molecule has 3 heterocycles. The summed E-state index contributed by atoms with van der Waals surface area (Å²) in [6.45, 7) is 9.38. The number of hydrogen-bond acceptors (Lipinski definition) is 5. The Kier molecular flexibility index (Phi) is 9.39. The second-order valence-electron chi connectivity index (χ2n) is 6.92. The summed E-state index contributed by atoms with van der Waals surface area (Å²) in [5, 5.41) is 3.41. The van der Waals surface area contributed by atoms with Gasteiger partial charge in [0.2, 0.25) is 5.91 Å². The number of nitrogens with one attached hydrogen (secondary N) is 1. The fourth-order valence-corrected chi connectivity index (χ4v) is 3.42. The molecule has 0 aromatic carbocycles. The number of aromatic nitrogens is 1. The molecule has 156 valence electrons. The number of piperazine rings is 1. The Balaban J connectivity index is 0.00000280. The van der Waals surface area contributed by atoms with Crippen molar-refractivity contribution in [2.75, 3.05) is 66.1 Å². The average molecular weight is 502 g/mol. The van der Waals surface area contributed by atoms with E-state index in [4.69, 9.17) is 4.74 Å². The molecule has 2 aliphatic heterocycles. The Hall–Kier alpha value is -1.46. The van der Waals surface area contributed by atoms with Gasteiger partial charge in [0, 0.05) is 52.5 Å². The number of amides is 1. The number of carbonyl (C=O) groups excluding carboxylic acids is 1. The van der Waals surface area contributed by atoms with Crippen molar-refractivity contribution in [3.05, 3.63) is 29.6 Å². The van der Waals surface area contributed by atoms with E-state index in [1.807, 2.05) is 24.2 Å². The minimum absolute atomic E-state index is 0. The van der Waals surface area contributed by atoms with Gasteiger partial charge in [-0.15, -0.1) is 24.0 Å². The predicted molar refractivity (Wildman–Crippen MR) is 120 cm³/mol. The van der Waals surface area contributed by atoms with Crippen molar-refractivity contribution in [1.82, 2.24) is 25.0 Å². The second kappa shape index (κ2) is 11.5. The summed E-state index contributed by atoms with van der Waals surface area (Å²) >= 11 is 0. The van der Waals surface area contributed by atoms with Crippen LogP contribution in [-0.4, -0.2) is 97.6 Å². The Morgan fingerprint density at radius 1 is 1.18 bits per heavy atom. The molecule has 8 nitrogen and oxygen atoms in total. The number of guanidine groups is 1. The monoisotopic (exact) mass is 502 g/mol. The van der Waals surface area contributed by atoms with Crippen molar-refractivity contribution in [2.45, 2.75) is 13.5 Å². The Labute approximate surface area is 184 Å². The molecule has 0 radical (unpaired) electrons. The van der Waals surface area contributed by atoms with Gasteiger partial charge in [-0.25, -0.2) is 0 Å². The van der Waals surface area contributed by atoms with Crippen LogP contribution in [0.1, 0.15) is 11.3 Å². The maximum absolute atomic E-state index is 12.4. The molecule has 3 rings (SSSR count). The van der Waals surface area contributed by atoms with E-state index in [0.29, 0.717) is 39.4 Å². The maximum atomic E-state index is 12.4. The van der Waals surface area contributed by atoms with Gasteiger partial charge in [-0.1, -0.05) is 6.07 Å². The first-order valence-electron chi connectivity index (χ1n) is 9.61. The van der Waals surface area contributed by atoms with Crippen LogP contribution >= 0.6 is 24.0 Å². The quantitative estimate of drug-likeness (QED) is 0.369. The van der Waals surface area contributed by atoms with Crippen molar-refractivity contribution in [1.29, 1.82) is 0 Å². The van der Waals surface area contributed by atoms with Crippen LogP contribution in [0, 0.1) is 6.92 Å². The summed E-state index contributed by atoms with van der Waals surface area (Å²) in [6, 6.07) is 4.02. The van der Waals surface area contributed by atoms with Crippen LogP contribution in [0.3, 0.4) is 0 Å². The fourth-order valence-electron chi connectivity index (χ4n) is 3.42. The molecular formula is C19H31IN6O2. The van der Waals surface area contributed by atoms with E-state index < -0.39 is 0 Å². The molecule has 9 heteroatoms. The van der Waals surface area contributed by atoms with E-state index >= 15 is 0 Å². The van der Waals surface area contributed by atoms with Gasteiger partial charge in [-0.3, -0.25) is 19.7 Å². The molecule has 1 aromatic rings. The molecule has 28 heavy (non-hydrogen) atoms. The lowest BCUT2D eigenvalue weighted by Crippen LogP contribution is -2.54. The van der Waals surface area contributed by atoms with E-state index in [1.54, 1.807) is 0 Å². The number of nitrogens with zero attached hydrogens (tertiary/aromatic N) is 5. The Morgan fingerprint density at radius 2 is 1.89 bits per heavy atom. The maximum Gasteiger partial charge on any atom is 0.236 e. The molecule has 0 bridgehead atoms. The number of aliphatic imine (C=N–C) groups is 1. The highest BCUT2D eigenvalue weighted by Crippen LogP contribution is 2.06. The number of ether oxygens (including phenoxy) is 1. The van der Waals surface area contributed by atoms with Crippen LogP contribution in [0.2, 0.25) is 0 Å². The first-order chi connectivity index (χ1) is 13.2. The van der Waals surface area contributed by atoms with Gasteiger partial charge in [0.25, 0.3) is 0 Å². The van der Waals surface area contributed by atoms with Gasteiger partial charge >= 0.3 is 0 Å². The van der Waals surface area contributed by atoms with Crippen LogP contribution in [0.15, 0.2) is 23.3 Å². The van der Waals surface area contributed by atoms with Crippen LogP contribution in [0.25, 0.3) is 0 Å². The zero-order chi connectivity index (χ0) is 19.1. The number of morpholine rings is 1. The summed E-state index contributed by atoms with van der Waals surface area (Å²) in [7, 11) is 1.81. The zero-order valence-corrected chi connectivity index (χ0v) is 19.1. The summed E-state index contributed by atoms with van der Waals surface area (Å²) in [5.41, 5.74) is 2.21. The lowest BCUT2D eigenvalue weighted by molar-refractivity contribution is -0.136. The van der Waals surface area contributed by atoms with Gasteiger partial charge in [-0.05, 0) is 18.6 Å². The molecule has 0 saturated carbocycles. The Morgan fingerprint density at radius 3 is 2.54 bits per heavy atom. The van der Waals surface area contributed by atoms with E-state index in [-0.39, 0.29) is 29.9 Å². The molecule has 2 saturated heterocycles. The topological polar surface area (TPSA) is 73.3 Å². The van der Waals surface area contributed by atoms with Crippen molar-refractivity contribution in [3.63, 3.8) is 0 Å². The van der Waals surface area contributed by atoms with Crippen molar-refractivity contribution < 1.29 is 9.53 Å². The molecule has 2 fully saturated rings. The largest absolute Gasteiger partial charge is 0.378 e. The minimum Gasteiger partial charge on any atom is -0.378 e. The first kappa shape index (κ1) is 22.8. The number of rotatable bonds is 4. The van der Waals surface area contributed by atoms with Crippen molar-refractivity contribution in [2.24, 2.45) is 4.99 Å². The number of halogens is 1. The van der Waals surface area contributed by atoms with Crippen molar-refractivity contribution in [3.8, 4) is 0 Å². The van der Waals surface area contributed by atoms with Crippen molar-refractivity contribution >= 4 is 35.8 Å². The third-order valence-corrected chi connectivity index (χ3v) is 5.14. The number of hydrogen-bond donors (Lipinski definition) is 1. The predicted octanol–water partition coefficient (Wildman–Crippen LogP) is 0.560. The van der Waals surface area contributed by atoms with Gasteiger partial charge < -0.3 is 19.9 Å². The van der Waals surface area contributed by atoms with E-state index in [1.165, 1.54) is 5.56 Å². The molecule has 0 aliphatic carbocycles. The summed E-state index contributed by atoms with van der Waals surface area (Å²) in [5.74, 6) is 1.10. The normalized spacial score (nSPS) is 18.6. The number of carbonyl (C=O) groups is 1. The zero-order valence-electron chi connectivity index (χ0n) is 16.8. The molecule has 0 atom stereocenters. The third-order valence-electron chi connectivity index (χ3n) is 5.14. The lowest BCUT2D eigenvalue weighted by atomic mass is 10.2. The summed E-state index contributed by atoms with van der Waals surface area (Å²) in [4.78, 5) is 27.6. The van der Waals surface area contributed by atoms with Crippen LogP contribution in [0.4, 0.5) is 0 Å². The fraction of sp³-hybridized carbons (Fsp3) is 0.632. The van der Waals surface area contributed by atoms with Gasteiger partial charge in [0.15, 0.2) is 5.96 Å². The average Bonchev–Trinajstić information content (AvgIpc) is 2.71. The molecular weight excluding hydrogens is 471 g/mol. The Bertz CT molecular complexity index is 658. The first-order valence-corrected chi connectivity index (χ1v) is 9.61. The van der Waals surface area contributed by atoms with E-state index in [9.17, 15) is 4.79 Å². The molecule has 1 aromatic heterocycles. The SMILES string of the molecule is CN=C(NCc1ncccc1C)N1CCN(CC(=O)N2CCOCC2)CC1.I. The van der Waals surface area contributed by atoms with Gasteiger partial charge in [-0.2, -0.15) is 0 Å². The van der Waals surface area contributed by atoms with Crippen LogP contribution in [-0.2, 0) is 16.1 Å². The minimum atomic E-state index is 0. The molecule has 0 unspecified atom stereocenters. The highest BCUT2D eigenvalue weighted by molar-refractivity contribution is 14.0. The standard InChI is InChI=1S/C19H30N6O2.HI/c1-16-4-3-5-21-17(16)14-22-19(20-2)25-8-6-23(7-9-25)15-18(26)24-10-12-27-13-11-24;/h3-5H,6-15H2,1-2H3,(H,20,22);1H. The molecule has 2 aliphatic rings.